The maximum Gasteiger partial charge on any atom is 0.294 e. The van der Waals surface area contributed by atoms with Gasteiger partial charge >= 0.3 is 0 Å². The Morgan fingerprint density at radius 3 is 2.09 bits per heavy atom. The first-order valence-corrected chi connectivity index (χ1v) is 12.8. The van der Waals surface area contributed by atoms with Gasteiger partial charge in [-0.1, -0.05) is 29.8 Å². The lowest BCUT2D eigenvalue weighted by Crippen LogP contribution is -2.31. The summed E-state index contributed by atoms with van der Waals surface area (Å²) in [5.74, 6) is 4.10. The van der Waals surface area contributed by atoms with Gasteiger partial charge in [0.1, 0.15) is 5.78 Å². The SMILES string of the molecule is C=C[C@@H]1[C@H]2CCC(=O)[C@@H]12.C=C[C@@H]1[C@H]2CCC3(OCCO3)[C@@H]12.Cc1ccc(S(=O)(=O)O)cc1. The van der Waals surface area contributed by atoms with Crippen LogP contribution in [0, 0.1) is 42.4 Å². The number of allylic oxidation sites excluding steroid dienone is 2. The topological polar surface area (TPSA) is 89.9 Å². The average Bonchev–Trinajstić information content (AvgIpc) is 3.47. The van der Waals surface area contributed by atoms with E-state index in [1.165, 1.54) is 18.6 Å². The molecule has 1 aromatic rings. The molecule has 1 N–H and O–H groups in total. The molecule has 4 aliphatic carbocycles. The van der Waals surface area contributed by atoms with Crippen LogP contribution in [0.5, 0.6) is 0 Å². The number of ether oxygens (including phenoxy) is 2. The third kappa shape index (κ3) is 4.49. The molecule has 1 saturated heterocycles. The number of carbonyl (C=O) groups excluding carboxylic acids is 1. The standard InChI is InChI=1S/C10H14O2.C8H10O.C7H8O3S/c1-2-7-8-3-4-10(9(7)8)11-5-6-12-10;1-2-5-6-3-4-7(9)8(5)6;1-6-2-4-7(5-3-6)11(8,9)10/h2,7-9H,1,3-6H2;2,5-6,8H,1,3-4H2;2-5H,1H3,(H,8,9,10)/t7-,8-,9+;5-,6-,8+;/m11./s1. The Balaban J connectivity index is 0.000000116. The van der Waals surface area contributed by atoms with Gasteiger partial charge in [-0.05, 0) is 55.6 Å². The molecule has 7 heteroatoms. The molecule has 0 aromatic heterocycles. The normalized spacial score (nSPS) is 35.0. The highest BCUT2D eigenvalue weighted by molar-refractivity contribution is 7.85. The Morgan fingerprint density at radius 1 is 1.03 bits per heavy atom. The van der Waals surface area contributed by atoms with Gasteiger partial charge in [0.05, 0.1) is 18.1 Å². The minimum atomic E-state index is -4.02. The van der Waals surface area contributed by atoms with Crippen molar-refractivity contribution in [1.82, 2.24) is 0 Å². The number of hydrogen-bond donors (Lipinski definition) is 1. The fourth-order valence-corrected chi connectivity index (χ4v) is 6.27. The summed E-state index contributed by atoms with van der Waals surface area (Å²) in [5.41, 5.74) is 0.956. The molecule has 174 valence electrons. The van der Waals surface area contributed by atoms with Crippen molar-refractivity contribution in [2.75, 3.05) is 13.2 Å². The van der Waals surface area contributed by atoms with Crippen LogP contribution in [0.4, 0.5) is 0 Å². The Labute approximate surface area is 190 Å². The molecule has 1 aromatic carbocycles. The Bertz CT molecular complexity index is 971. The van der Waals surface area contributed by atoms with Gasteiger partial charge in [-0.25, -0.2) is 0 Å². The minimum Gasteiger partial charge on any atom is -0.347 e. The smallest absolute Gasteiger partial charge is 0.294 e. The molecule has 0 radical (unpaired) electrons. The van der Waals surface area contributed by atoms with Crippen molar-refractivity contribution in [3.05, 3.63) is 55.1 Å². The highest BCUT2D eigenvalue weighted by atomic mass is 32.2. The van der Waals surface area contributed by atoms with Crippen LogP contribution < -0.4 is 0 Å². The lowest BCUT2D eigenvalue weighted by molar-refractivity contribution is -0.169. The van der Waals surface area contributed by atoms with Gasteiger partial charge in [-0.3, -0.25) is 9.35 Å². The van der Waals surface area contributed by atoms with Gasteiger partial charge in [0.25, 0.3) is 10.1 Å². The van der Waals surface area contributed by atoms with Gasteiger partial charge in [0.15, 0.2) is 5.79 Å². The van der Waals surface area contributed by atoms with Crippen molar-refractivity contribution in [3.8, 4) is 0 Å². The summed E-state index contributed by atoms with van der Waals surface area (Å²) < 4.78 is 41.0. The molecular weight excluding hydrogens is 428 g/mol. The molecule has 0 unspecified atom stereocenters. The van der Waals surface area contributed by atoms with Crippen LogP contribution in [0.15, 0.2) is 54.5 Å². The fraction of sp³-hybridized carbons (Fsp3) is 0.560. The van der Waals surface area contributed by atoms with Gasteiger partial charge in [0.2, 0.25) is 0 Å². The molecule has 5 aliphatic rings. The van der Waals surface area contributed by atoms with E-state index in [4.69, 9.17) is 14.0 Å². The molecule has 1 aliphatic heterocycles. The molecule has 5 fully saturated rings. The van der Waals surface area contributed by atoms with Gasteiger partial charge in [-0.2, -0.15) is 8.42 Å². The zero-order valence-corrected chi connectivity index (χ0v) is 19.3. The zero-order chi connectivity index (χ0) is 23.1. The number of hydrogen-bond acceptors (Lipinski definition) is 5. The maximum absolute atomic E-state index is 10.9. The van der Waals surface area contributed by atoms with Gasteiger partial charge in [0, 0.05) is 24.7 Å². The molecule has 1 spiro atoms. The Hall–Kier alpha value is -1.80. The molecule has 1 heterocycles. The monoisotopic (exact) mass is 460 g/mol. The van der Waals surface area contributed by atoms with E-state index >= 15 is 0 Å². The molecule has 6 nitrogen and oxygen atoms in total. The van der Waals surface area contributed by atoms with E-state index in [9.17, 15) is 13.2 Å². The van der Waals surface area contributed by atoms with E-state index in [0.29, 0.717) is 35.4 Å². The summed E-state index contributed by atoms with van der Waals surface area (Å²) in [6.07, 6.45) is 8.33. The van der Waals surface area contributed by atoms with Gasteiger partial charge in [-0.15, -0.1) is 13.2 Å². The first-order chi connectivity index (χ1) is 15.2. The minimum absolute atomic E-state index is 0.0666. The largest absolute Gasteiger partial charge is 0.347 e. The number of benzene rings is 1. The lowest BCUT2D eigenvalue weighted by Gasteiger charge is -2.24. The average molecular weight is 461 g/mol. The third-order valence-electron chi connectivity index (χ3n) is 7.53. The molecule has 6 rings (SSSR count). The highest BCUT2D eigenvalue weighted by Crippen LogP contribution is 2.65. The van der Waals surface area contributed by atoms with Crippen LogP contribution >= 0.6 is 0 Å². The number of fused-ring (bicyclic) bond motifs is 3. The summed E-state index contributed by atoms with van der Waals surface area (Å²) in [6, 6.07) is 5.99. The van der Waals surface area contributed by atoms with E-state index in [2.05, 4.69) is 19.2 Å². The number of rotatable bonds is 3. The van der Waals surface area contributed by atoms with Crippen molar-refractivity contribution in [3.63, 3.8) is 0 Å². The van der Waals surface area contributed by atoms with E-state index in [1.807, 2.05) is 13.0 Å². The van der Waals surface area contributed by atoms with Crippen molar-refractivity contribution in [1.29, 1.82) is 0 Å². The third-order valence-corrected chi connectivity index (χ3v) is 8.40. The van der Waals surface area contributed by atoms with Crippen LogP contribution in [0.3, 0.4) is 0 Å². The van der Waals surface area contributed by atoms with E-state index < -0.39 is 10.1 Å². The second-order valence-corrected chi connectivity index (χ2v) is 10.8. The zero-order valence-electron chi connectivity index (χ0n) is 18.5. The van der Waals surface area contributed by atoms with Crippen molar-refractivity contribution in [2.45, 2.75) is 43.3 Å². The van der Waals surface area contributed by atoms with Crippen molar-refractivity contribution >= 4 is 15.9 Å². The van der Waals surface area contributed by atoms with Crippen LogP contribution in [0.1, 0.15) is 31.2 Å². The first kappa shape index (κ1) is 23.4. The van der Waals surface area contributed by atoms with Gasteiger partial charge < -0.3 is 9.47 Å². The summed E-state index contributed by atoms with van der Waals surface area (Å²) in [6.45, 7) is 10.9. The molecular formula is C25H32O6S. The maximum atomic E-state index is 10.9. The van der Waals surface area contributed by atoms with E-state index in [0.717, 1.165) is 44.0 Å². The van der Waals surface area contributed by atoms with E-state index in [-0.39, 0.29) is 10.7 Å². The summed E-state index contributed by atoms with van der Waals surface area (Å²) >= 11 is 0. The first-order valence-electron chi connectivity index (χ1n) is 11.3. The Kier molecular flexibility index (Phi) is 6.47. The quantitative estimate of drug-likeness (QED) is 0.537. The molecule has 6 atom stereocenters. The number of Topliss-reactive ketones (excluding diaryl/α,β-unsaturated/α-hetero) is 1. The lowest BCUT2D eigenvalue weighted by atomic mass is 10.1. The second kappa shape index (κ2) is 8.86. The summed E-state index contributed by atoms with van der Waals surface area (Å²) in [4.78, 5) is 10.9. The summed E-state index contributed by atoms with van der Waals surface area (Å²) in [5, 5.41) is 0. The molecule has 4 saturated carbocycles. The van der Waals surface area contributed by atoms with E-state index in [1.54, 1.807) is 12.1 Å². The molecule has 32 heavy (non-hydrogen) atoms. The Morgan fingerprint density at radius 2 is 1.66 bits per heavy atom. The predicted octanol–water partition coefficient (Wildman–Crippen LogP) is 4.21. The van der Waals surface area contributed by atoms with Crippen LogP contribution in [-0.4, -0.2) is 37.8 Å². The number of carbonyl (C=O) groups is 1. The van der Waals surface area contributed by atoms with Crippen LogP contribution in [-0.2, 0) is 24.4 Å². The second-order valence-electron chi connectivity index (χ2n) is 9.35. The number of ketones is 1. The fourth-order valence-electron chi connectivity index (χ4n) is 5.79. The number of aryl methyl sites for hydroxylation is 1. The van der Waals surface area contributed by atoms with Crippen molar-refractivity contribution in [2.24, 2.45) is 35.5 Å². The van der Waals surface area contributed by atoms with Crippen LogP contribution in [0.25, 0.3) is 0 Å². The highest BCUT2D eigenvalue weighted by Gasteiger charge is 2.67. The predicted molar refractivity (Wildman–Crippen MR) is 120 cm³/mol. The summed E-state index contributed by atoms with van der Waals surface area (Å²) in [7, 11) is -4.02. The molecule has 0 bridgehead atoms. The van der Waals surface area contributed by atoms with Crippen LogP contribution in [0.2, 0.25) is 0 Å². The van der Waals surface area contributed by atoms with Crippen molar-refractivity contribution < 1.29 is 27.2 Å². The molecule has 0 amide bonds.